The molecule has 0 fully saturated rings. The molecule has 1 aromatic rings. The van der Waals surface area contributed by atoms with Gasteiger partial charge in [0.2, 0.25) is 0 Å². The van der Waals surface area contributed by atoms with Crippen molar-refractivity contribution in [2.45, 2.75) is 25.6 Å². The van der Waals surface area contributed by atoms with E-state index in [4.69, 9.17) is 16.7 Å². The molecular weight excluding hydrogens is 273 g/mol. The van der Waals surface area contributed by atoms with E-state index in [-0.39, 0.29) is 16.4 Å². The molecule has 0 spiro atoms. The van der Waals surface area contributed by atoms with Crippen LogP contribution in [0.3, 0.4) is 0 Å². The van der Waals surface area contributed by atoms with Crippen LogP contribution in [0, 0.1) is 0 Å². The summed E-state index contributed by atoms with van der Waals surface area (Å²) in [6, 6.07) is 0.213. The Morgan fingerprint density at radius 2 is 2.22 bits per heavy atom. The molecule has 4 nitrogen and oxygen atoms in total. The Morgan fingerprint density at radius 3 is 2.67 bits per heavy atom. The lowest BCUT2D eigenvalue weighted by Gasteiger charge is -2.17. The Kier molecular flexibility index (Phi) is 4.39. The minimum absolute atomic E-state index is 0.0263. The average molecular weight is 283 g/mol. The Balaban J connectivity index is 2.77. The molecule has 0 aliphatic carbocycles. The molecule has 1 unspecified atom stereocenters. The van der Waals surface area contributed by atoms with Gasteiger partial charge in [0.1, 0.15) is 5.82 Å². The summed E-state index contributed by atoms with van der Waals surface area (Å²) < 4.78 is 36.3. The van der Waals surface area contributed by atoms with Crippen LogP contribution in [0.25, 0.3) is 0 Å². The van der Waals surface area contributed by atoms with Crippen molar-refractivity contribution in [1.82, 2.24) is 4.98 Å². The summed E-state index contributed by atoms with van der Waals surface area (Å²) in [5, 5.41) is 11.1. The van der Waals surface area contributed by atoms with Gasteiger partial charge < -0.3 is 10.4 Å². The van der Waals surface area contributed by atoms with Crippen LogP contribution in [0.15, 0.2) is 12.3 Å². The number of rotatable bonds is 4. The third kappa shape index (κ3) is 4.40. The van der Waals surface area contributed by atoms with E-state index >= 15 is 0 Å². The lowest BCUT2D eigenvalue weighted by Crippen LogP contribution is -2.24. The number of aromatic carboxylic acids is 1. The van der Waals surface area contributed by atoms with Crippen LogP contribution < -0.4 is 5.32 Å². The van der Waals surface area contributed by atoms with Crippen molar-refractivity contribution in [3.05, 3.63) is 22.8 Å². The van der Waals surface area contributed by atoms with Gasteiger partial charge in [-0.25, -0.2) is 9.78 Å². The maximum Gasteiger partial charge on any atom is 0.391 e. The SMILES string of the molecule is CC(CC(F)(F)F)Nc1ncc(C(=O)O)cc1Cl. The highest BCUT2D eigenvalue weighted by molar-refractivity contribution is 6.33. The first-order valence-electron chi connectivity index (χ1n) is 4.91. The smallest absolute Gasteiger partial charge is 0.391 e. The predicted molar refractivity (Wildman–Crippen MR) is 60.0 cm³/mol. The molecule has 0 aliphatic heterocycles. The van der Waals surface area contributed by atoms with Crippen LogP contribution >= 0.6 is 11.6 Å². The highest BCUT2D eigenvalue weighted by Gasteiger charge is 2.30. The average Bonchev–Trinajstić information content (AvgIpc) is 2.17. The molecule has 8 heteroatoms. The Hall–Kier alpha value is -1.50. The highest BCUT2D eigenvalue weighted by atomic mass is 35.5. The molecule has 0 aromatic carbocycles. The van der Waals surface area contributed by atoms with Crippen molar-refractivity contribution >= 4 is 23.4 Å². The molecule has 0 saturated carbocycles. The molecule has 2 N–H and O–H groups in total. The van der Waals surface area contributed by atoms with Crippen molar-refractivity contribution in [1.29, 1.82) is 0 Å². The number of anilines is 1. The monoisotopic (exact) mass is 282 g/mol. The minimum Gasteiger partial charge on any atom is -0.478 e. The van der Waals surface area contributed by atoms with E-state index in [0.717, 1.165) is 12.3 Å². The summed E-state index contributed by atoms with van der Waals surface area (Å²) in [7, 11) is 0. The summed E-state index contributed by atoms with van der Waals surface area (Å²) in [5.74, 6) is -1.18. The second-order valence-corrected chi connectivity index (χ2v) is 4.13. The third-order valence-electron chi connectivity index (χ3n) is 2.01. The standard InChI is InChI=1S/C10H10ClF3N2O2/c1-5(3-10(12,13)14)16-8-7(11)2-6(4-15-8)9(17)18/h2,4-5H,3H2,1H3,(H,15,16)(H,17,18). The second-order valence-electron chi connectivity index (χ2n) is 3.72. The Bertz CT molecular complexity index is 451. The fourth-order valence-corrected chi connectivity index (χ4v) is 1.51. The first kappa shape index (κ1) is 14.6. The molecule has 1 heterocycles. The molecule has 1 aromatic heterocycles. The minimum atomic E-state index is -4.29. The Labute approximate surface area is 106 Å². The number of hydrogen-bond donors (Lipinski definition) is 2. The zero-order chi connectivity index (χ0) is 13.9. The predicted octanol–water partition coefficient (Wildman–Crippen LogP) is 3.19. The van der Waals surface area contributed by atoms with Gasteiger partial charge in [0.15, 0.2) is 0 Å². The Morgan fingerprint density at radius 1 is 1.61 bits per heavy atom. The van der Waals surface area contributed by atoms with Gasteiger partial charge in [0.05, 0.1) is 17.0 Å². The van der Waals surface area contributed by atoms with Crippen LogP contribution in [0.5, 0.6) is 0 Å². The van der Waals surface area contributed by atoms with Crippen LogP contribution in [0.1, 0.15) is 23.7 Å². The number of nitrogens with one attached hydrogen (secondary N) is 1. The van der Waals surface area contributed by atoms with Crippen molar-refractivity contribution in [2.24, 2.45) is 0 Å². The molecular formula is C10H10ClF3N2O2. The number of alkyl halides is 3. The molecule has 18 heavy (non-hydrogen) atoms. The number of carbonyl (C=O) groups is 1. The van der Waals surface area contributed by atoms with Gasteiger partial charge in [-0.3, -0.25) is 0 Å². The normalized spacial score (nSPS) is 13.2. The molecule has 1 atom stereocenters. The number of aromatic nitrogens is 1. The van der Waals surface area contributed by atoms with Crippen molar-refractivity contribution in [3.63, 3.8) is 0 Å². The van der Waals surface area contributed by atoms with E-state index in [2.05, 4.69) is 10.3 Å². The number of halogens is 4. The molecule has 100 valence electrons. The topological polar surface area (TPSA) is 62.2 Å². The van der Waals surface area contributed by atoms with E-state index in [9.17, 15) is 18.0 Å². The zero-order valence-corrected chi connectivity index (χ0v) is 10.0. The summed E-state index contributed by atoms with van der Waals surface area (Å²) >= 11 is 5.72. The van der Waals surface area contributed by atoms with Crippen molar-refractivity contribution in [3.8, 4) is 0 Å². The van der Waals surface area contributed by atoms with Crippen molar-refractivity contribution < 1.29 is 23.1 Å². The van der Waals surface area contributed by atoms with Gasteiger partial charge in [-0.15, -0.1) is 0 Å². The first-order chi connectivity index (χ1) is 8.19. The number of nitrogens with zero attached hydrogens (tertiary/aromatic N) is 1. The van der Waals surface area contributed by atoms with Crippen LogP contribution in [0.4, 0.5) is 19.0 Å². The number of carboxylic acids is 1. The summed E-state index contributed by atoms with van der Waals surface area (Å²) in [4.78, 5) is 14.3. The summed E-state index contributed by atoms with van der Waals surface area (Å²) in [6.45, 7) is 1.33. The van der Waals surface area contributed by atoms with Gasteiger partial charge in [-0.2, -0.15) is 13.2 Å². The molecule has 0 radical (unpaired) electrons. The van der Waals surface area contributed by atoms with Gasteiger partial charge in [0.25, 0.3) is 0 Å². The van der Waals surface area contributed by atoms with Crippen LogP contribution in [0.2, 0.25) is 5.02 Å². The largest absolute Gasteiger partial charge is 0.478 e. The highest BCUT2D eigenvalue weighted by Crippen LogP contribution is 2.25. The van der Waals surface area contributed by atoms with Gasteiger partial charge >= 0.3 is 12.1 Å². The lowest BCUT2D eigenvalue weighted by molar-refractivity contribution is -0.136. The third-order valence-corrected chi connectivity index (χ3v) is 2.30. The van der Waals surface area contributed by atoms with E-state index in [1.165, 1.54) is 6.92 Å². The number of pyridine rings is 1. The van der Waals surface area contributed by atoms with Gasteiger partial charge in [-0.1, -0.05) is 11.6 Å². The first-order valence-corrected chi connectivity index (χ1v) is 5.29. The lowest BCUT2D eigenvalue weighted by atomic mass is 10.2. The zero-order valence-electron chi connectivity index (χ0n) is 9.25. The molecule has 1 rings (SSSR count). The van der Waals surface area contributed by atoms with E-state index in [1.54, 1.807) is 0 Å². The van der Waals surface area contributed by atoms with Crippen LogP contribution in [-0.2, 0) is 0 Å². The van der Waals surface area contributed by atoms with Crippen molar-refractivity contribution in [2.75, 3.05) is 5.32 Å². The fraction of sp³-hybridized carbons (Fsp3) is 0.400. The van der Waals surface area contributed by atoms with Gasteiger partial charge in [0, 0.05) is 12.2 Å². The molecule has 0 saturated heterocycles. The number of carboxylic acid groups (broad SMARTS) is 1. The number of hydrogen-bond acceptors (Lipinski definition) is 3. The maximum absolute atomic E-state index is 12.1. The maximum atomic E-state index is 12.1. The van der Waals surface area contributed by atoms with Crippen LogP contribution in [-0.4, -0.2) is 28.3 Å². The second kappa shape index (κ2) is 5.43. The summed E-state index contributed by atoms with van der Waals surface area (Å²) in [6.07, 6.45) is -4.30. The molecule has 0 aliphatic rings. The fourth-order valence-electron chi connectivity index (χ4n) is 1.29. The molecule has 0 bridgehead atoms. The molecule has 0 amide bonds. The van der Waals surface area contributed by atoms with E-state index in [1.807, 2.05) is 0 Å². The quantitative estimate of drug-likeness (QED) is 0.890. The van der Waals surface area contributed by atoms with Gasteiger partial charge in [-0.05, 0) is 13.0 Å². The van der Waals surface area contributed by atoms with E-state index in [0.29, 0.717) is 0 Å². The summed E-state index contributed by atoms with van der Waals surface area (Å²) in [5.41, 5.74) is -0.131. The van der Waals surface area contributed by atoms with E-state index < -0.39 is 24.6 Å².